The molecular formula is C12H10F2N2. The van der Waals surface area contributed by atoms with Gasteiger partial charge in [0.1, 0.15) is 11.6 Å². The number of halogens is 2. The van der Waals surface area contributed by atoms with Crippen LogP contribution in [0.5, 0.6) is 0 Å². The molecule has 2 rings (SSSR count). The average molecular weight is 220 g/mol. The maximum atomic E-state index is 12.7. The van der Waals surface area contributed by atoms with Gasteiger partial charge in [-0.3, -0.25) is 5.01 Å². The number of anilines is 2. The van der Waals surface area contributed by atoms with Crippen LogP contribution in [0, 0.1) is 11.6 Å². The summed E-state index contributed by atoms with van der Waals surface area (Å²) >= 11 is 0. The van der Waals surface area contributed by atoms with Crippen molar-refractivity contribution < 1.29 is 8.78 Å². The summed E-state index contributed by atoms with van der Waals surface area (Å²) in [5.41, 5.74) is 1.26. The van der Waals surface area contributed by atoms with Gasteiger partial charge in [0, 0.05) is 0 Å². The van der Waals surface area contributed by atoms with E-state index in [1.54, 1.807) is 24.3 Å². The van der Waals surface area contributed by atoms with E-state index in [0.717, 1.165) is 0 Å². The van der Waals surface area contributed by atoms with E-state index in [0.29, 0.717) is 11.4 Å². The summed E-state index contributed by atoms with van der Waals surface area (Å²) in [7, 11) is 0. The van der Waals surface area contributed by atoms with Crippen molar-refractivity contribution in [3.05, 3.63) is 60.2 Å². The van der Waals surface area contributed by atoms with Crippen LogP contribution in [-0.2, 0) is 0 Å². The molecule has 2 N–H and O–H groups in total. The molecule has 0 radical (unpaired) electrons. The molecule has 82 valence electrons. The van der Waals surface area contributed by atoms with Gasteiger partial charge < -0.3 is 0 Å². The van der Waals surface area contributed by atoms with Gasteiger partial charge in [0.15, 0.2) is 0 Å². The maximum Gasteiger partial charge on any atom is 0.123 e. The number of hydrogen-bond donors (Lipinski definition) is 1. The highest BCUT2D eigenvalue weighted by Gasteiger charge is 2.04. The van der Waals surface area contributed by atoms with Gasteiger partial charge in [0.05, 0.1) is 11.4 Å². The molecule has 0 fully saturated rings. The molecule has 0 unspecified atom stereocenters. The van der Waals surface area contributed by atoms with Gasteiger partial charge >= 0.3 is 0 Å². The lowest BCUT2D eigenvalue weighted by molar-refractivity contribution is 0.627. The van der Waals surface area contributed by atoms with E-state index in [9.17, 15) is 8.78 Å². The molecule has 16 heavy (non-hydrogen) atoms. The molecule has 0 aliphatic heterocycles. The first-order valence-corrected chi connectivity index (χ1v) is 4.73. The first-order chi connectivity index (χ1) is 7.66. The second-order valence-corrected chi connectivity index (χ2v) is 3.32. The predicted octanol–water partition coefficient (Wildman–Crippen LogP) is 2.98. The first-order valence-electron chi connectivity index (χ1n) is 4.73. The summed E-state index contributed by atoms with van der Waals surface area (Å²) in [5, 5.41) is 1.36. The minimum Gasteiger partial charge on any atom is -0.280 e. The average Bonchev–Trinajstić information content (AvgIpc) is 2.30. The van der Waals surface area contributed by atoms with Gasteiger partial charge in [-0.05, 0) is 48.5 Å². The van der Waals surface area contributed by atoms with Crippen LogP contribution in [-0.4, -0.2) is 0 Å². The summed E-state index contributed by atoms with van der Waals surface area (Å²) in [6, 6.07) is 11.5. The molecule has 0 atom stereocenters. The van der Waals surface area contributed by atoms with Crippen molar-refractivity contribution in [2.45, 2.75) is 0 Å². The van der Waals surface area contributed by atoms with Crippen LogP contribution < -0.4 is 10.9 Å². The summed E-state index contributed by atoms with van der Waals surface area (Å²) < 4.78 is 25.4. The van der Waals surface area contributed by atoms with E-state index in [1.165, 1.54) is 29.3 Å². The monoisotopic (exact) mass is 220 g/mol. The highest BCUT2D eigenvalue weighted by atomic mass is 19.1. The Morgan fingerprint density at radius 1 is 0.688 bits per heavy atom. The third-order valence-corrected chi connectivity index (χ3v) is 2.21. The van der Waals surface area contributed by atoms with Crippen LogP contribution in [0.15, 0.2) is 48.5 Å². The Balaban J connectivity index is 2.28. The Labute approximate surface area is 91.9 Å². The van der Waals surface area contributed by atoms with Crippen molar-refractivity contribution in [1.29, 1.82) is 0 Å². The molecule has 2 nitrogen and oxygen atoms in total. The smallest absolute Gasteiger partial charge is 0.123 e. The lowest BCUT2D eigenvalue weighted by atomic mass is 10.2. The van der Waals surface area contributed by atoms with E-state index in [4.69, 9.17) is 5.84 Å². The van der Waals surface area contributed by atoms with Crippen molar-refractivity contribution in [3.63, 3.8) is 0 Å². The fourth-order valence-corrected chi connectivity index (χ4v) is 1.35. The molecule has 0 aromatic heterocycles. The Kier molecular flexibility index (Phi) is 2.83. The van der Waals surface area contributed by atoms with Gasteiger partial charge in [-0.1, -0.05) is 0 Å². The SMILES string of the molecule is NN(c1ccc(F)cc1)c1ccc(F)cc1. The van der Waals surface area contributed by atoms with E-state index in [2.05, 4.69) is 0 Å². The van der Waals surface area contributed by atoms with Gasteiger partial charge in [-0.2, -0.15) is 0 Å². The fourth-order valence-electron chi connectivity index (χ4n) is 1.35. The summed E-state index contributed by atoms with van der Waals surface area (Å²) in [4.78, 5) is 0. The van der Waals surface area contributed by atoms with Gasteiger partial charge in [-0.15, -0.1) is 0 Å². The molecule has 0 aliphatic carbocycles. The zero-order chi connectivity index (χ0) is 11.5. The van der Waals surface area contributed by atoms with E-state index >= 15 is 0 Å². The minimum absolute atomic E-state index is 0.323. The molecule has 0 saturated carbocycles. The van der Waals surface area contributed by atoms with Crippen molar-refractivity contribution in [3.8, 4) is 0 Å². The summed E-state index contributed by atoms with van der Waals surface area (Å²) in [6.45, 7) is 0. The van der Waals surface area contributed by atoms with Crippen molar-refractivity contribution in [2.24, 2.45) is 5.84 Å². The number of nitrogens with zero attached hydrogens (tertiary/aromatic N) is 1. The topological polar surface area (TPSA) is 29.3 Å². The molecule has 2 aromatic rings. The van der Waals surface area contributed by atoms with E-state index < -0.39 is 0 Å². The van der Waals surface area contributed by atoms with Crippen LogP contribution in [0.25, 0.3) is 0 Å². The molecule has 4 heteroatoms. The second kappa shape index (κ2) is 4.28. The maximum absolute atomic E-state index is 12.7. The Morgan fingerprint density at radius 2 is 1.00 bits per heavy atom. The molecule has 0 bridgehead atoms. The number of benzene rings is 2. The van der Waals surface area contributed by atoms with Crippen LogP contribution in [0.1, 0.15) is 0 Å². The summed E-state index contributed by atoms with van der Waals surface area (Å²) in [6.07, 6.45) is 0. The lowest BCUT2D eigenvalue weighted by Crippen LogP contribution is -2.24. The first kappa shape index (κ1) is 10.6. The normalized spacial score (nSPS) is 10.2. The molecule has 0 spiro atoms. The van der Waals surface area contributed by atoms with E-state index in [-0.39, 0.29) is 11.6 Å². The van der Waals surface area contributed by atoms with Crippen LogP contribution in [0.3, 0.4) is 0 Å². The number of hydrogen-bond acceptors (Lipinski definition) is 2. The van der Waals surface area contributed by atoms with Crippen LogP contribution >= 0.6 is 0 Å². The van der Waals surface area contributed by atoms with Crippen LogP contribution in [0.4, 0.5) is 20.2 Å². The molecule has 0 aliphatic rings. The van der Waals surface area contributed by atoms with Crippen molar-refractivity contribution in [2.75, 3.05) is 5.01 Å². The standard InChI is InChI=1S/C12H10F2N2/c13-9-1-5-11(6-2-9)16(15)12-7-3-10(14)4-8-12/h1-8H,15H2. The van der Waals surface area contributed by atoms with Gasteiger partial charge in [0.2, 0.25) is 0 Å². The van der Waals surface area contributed by atoms with Crippen molar-refractivity contribution in [1.82, 2.24) is 0 Å². The van der Waals surface area contributed by atoms with Crippen LogP contribution in [0.2, 0.25) is 0 Å². The van der Waals surface area contributed by atoms with E-state index in [1.807, 2.05) is 0 Å². The molecule has 0 amide bonds. The largest absolute Gasteiger partial charge is 0.280 e. The van der Waals surface area contributed by atoms with Crippen molar-refractivity contribution >= 4 is 11.4 Å². The highest BCUT2D eigenvalue weighted by Crippen LogP contribution is 2.21. The third kappa shape index (κ3) is 2.17. The Morgan fingerprint density at radius 3 is 1.31 bits per heavy atom. The molecule has 2 aromatic carbocycles. The zero-order valence-corrected chi connectivity index (χ0v) is 8.40. The number of rotatable bonds is 2. The highest BCUT2D eigenvalue weighted by molar-refractivity contribution is 5.61. The third-order valence-electron chi connectivity index (χ3n) is 2.21. The lowest BCUT2D eigenvalue weighted by Gasteiger charge is -2.18. The number of hydrazine groups is 1. The molecule has 0 heterocycles. The Bertz CT molecular complexity index is 420. The van der Waals surface area contributed by atoms with Gasteiger partial charge in [-0.25, -0.2) is 14.6 Å². The molecular weight excluding hydrogens is 210 g/mol. The fraction of sp³-hybridized carbons (Fsp3) is 0. The summed E-state index contributed by atoms with van der Waals surface area (Å²) in [5.74, 6) is 5.16. The minimum atomic E-state index is -0.323. The number of nitrogens with two attached hydrogens (primary N) is 1. The second-order valence-electron chi connectivity index (χ2n) is 3.32. The Hall–Kier alpha value is -1.94. The zero-order valence-electron chi connectivity index (χ0n) is 8.40. The van der Waals surface area contributed by atoms with Gasteiger partial charge in [0.25, 0.3) is 0 Å². The predicted molar refractivity (Wildman–Crippen MR) is 59.1 cm³/mol. The molecule has 0 saturated heterocycles. The quantitative estimate of drug-likeness (QED) is 0.622.